The minimum Gasteiger partial charge on any atom is -0.351 e. The Kier molecular flexibility index (Phi) is 7.74. The minimum absolute atomic E-state index is 0. The van der Waals surface area contributed by atoms with E-state index in [4.69, 9.17) is 5.73 Å². The fourth-order valence-corrected chi connectivity index (χ4v) is 1.93. The molecule has 1 aliphatic carbocycles. The molecule has 0 spiro atoms. The van der Waals surface area contributed by atoms with E-state index in [0.717, 1.165) is 12.8 Å². The molecule has 5 heteroatoms. The van der Waals surface area contributed by atoms with Gasteiger partial charge in [0, 0.05) is 12.1 Å². The van der Waals surface area contributed by atoms with E-state index in [1.54, 1.807) is 7.05 Å². The van der Waals surface area contributed by atoms with Crippen LogP contribution in [-0.2, 0) is 4.79 Å². The van der Waals surface area contributed by atoms with Gasteiger partial charge in [-0.1, -0.05) is 19.3 Å². The van der Waals surface area contributed by atoms with Crippen LogP contribution in [0.4, 0.5) is 0 Å². The Morgan fingerprint density at radius 2 is 2.00 bits per heavy atom. The van der Waals surface area contributed by atoms with E-state index in [-0.39, 0.29) is 30.4 Å². The number of halogens is 1. The van der Waals surface area contributed by atoms with Gasteiger partial charge in [0.1, 0.15) is 0 Å². The van der Waals surface area contributed by atoms with E-state index < -0.39 is 0 Å². The maximum Gasteiger partial charge on any atom is 0.234 e. The number of likely N-dealkylation sites (N-methyl/N-ethyl adjacent to an activating group) is 1. The summed E-state index contributed by atoms with van der Waals surface area (Å²) in [5.41, 5.74) is 5.99. The molecule has 15 heavy (non-hydrogen) atoms. The van der Waals surface area contributed by atoms with Crippen LogP contribution in [0, 0.1) is 0 Å². The number of nitrogens with two attached hydrogens (primary N) is 1. The SMILES string of the molecule is CNCC(=O)N[C@@H]1CCCCC[C@H]1N.Cl. The fourth-order valence-electron chi connectivity index (χ4n) is 1.93. The Morgan fingerprint density at radius 1 is 1.33 bits per heavy atom. The van der Waals surface area contributed by atoms with Crippen molar-refractivity contribution in [2.75, 3.05) is 13.6 Å². The first-order valence-corrected chi connectivity index (χ1v) is 5.43. The smallest absolute Gasteiger partial charge is 0.234 e. The Bertz CT molecular complexity index is 190. The fraction of sp³-hybridized carbons (Fsp3) is 0.900. The molecule has 1 saturated carbocycles. The number of carbonyl (C=O) groups is 1. The first-order chi connectivity index (χ1) is 6.74. The zero-order valence-corrected chi connectivity index (χ0v) is 10.1. The lowest BCUT2D eigenvalue weighted by Crippen LogP contribution is -2.48. The van der Waals surface area contributed by atoms with Crippen LogP contribution in [0.2, 0.25) is 0 Å². The highest BCUT2D eigenvalue weighted by molar-refractivity contribution is 5.85. The van der Waals surface area contributed by atoms with Crippen LogP contribution in [0.15, 0.2) is 0 Å². The third kappa shape index (κ3) is 5.35. The molecular weight excluding hydrogens is 214 g/mol. The van der Waals surface area contributed by atoms with Crippen molar-refractivity contribution < 1.29 is 4.79 Å². The Balaban J connectivity index is 0.00000196. The highest BCUT2D eigenvalue weighted by Gasteiger charge is 2.21. The van der Waals surface area contributed by atoms with Crippen LogP contribution >= 0.6 is 12.4 Å². The van der Waals surface area contributed by atoms with Crippen molar-refractivity contribution in [1.82, 2.24) is 10.6 Å². The summed E-state index contributed by atoms with van der Waals surface area (Å²) in [6.07, 6.45) is 5.67. The maximum absolute atomic E-state index is 11.3. The van der Waals surface area contributed by atoms with E-state index in [1.807, 2.05) is 0 Å². The van der Waals surface area contributed by atoms with E-state index in [1.165, 1.54) is 19.3 Å². The van der Waals surface area contributed by atoms with Crippen molar-refractivity contribution in [3.8, 4) is 0 Å². The first kappa shape index (κ1) is 14.7. The van der Waals surface area contributed by atoms with Gasteiger partial charge in [0.15, 0.2) is 0 Å². The van der Waals surface area contributed by atoms with Crippen molar-refractivity contribution in [3.05, 3.63) is 0 Å². The summed E-state index contributed by atoms with van der Waals surface area (Å²) < 4.78 is 0. The van der Waals surface area contributed by atoms with Crippen LogP contribution in [0.25, 0.3) is 0 Å². The second kappa shape index (κ2) is 7.91. The van der Waals surface area contributed by atoms with Crippen molar-refractivity contribution in [3.63, 3.8) is 0 Å². The molecule has 1 fully saturated rings. The van der Waals surface area contributed by atoms with Gasteiger partial charge in [-0.3, -0.25) is 4.79 Å². The third-order valence-corrected chi connectivity index (χ3v) is 2.75. The van der Waals surface area contributed by atoms with E-state index in [0.29, 0.717) is 6.54 Å². The van der Waals surface area contributed by atoms with Crippen LogP contribution in [-0.4, -0.2) is 31.6 Å². The molecule has 1 rings (SSSR count). The topological polar surface area (TPSA) is 67.2 Å². The lowest BCUT2D eigenvalue weighted by molar-refractivity contribution is -0.121. The van der Waals surface area contributed by atoms with Gasteiger partial charge < -0.3 is 16.4 Å². The number of hydrogen-bond acceptors (Lipinski definition) is 3. The number of nitrogens with one attached hydrogen (secondary N) is 2. The molecule has 0 bridgehead atoms. The predicted molar refractivity (Wildman–Crippen MR) is 64.2 cm³/mol. The molecule has 0 radical (unpaired) electrons. The van der Waals surface area contributed by atoms with E-state index in [2.05, 4.69) is 10.6 Å². The molecule has 0 aliphatic heterocycles. The molecule has 0 heterocycles. The van der Waals surface area contributed by atoms with Crippen LogP contribution in [0.1, 0.15) is 32.1 Å². The van der Waals surface area contributed by atoms with Gasteiger partial charge in [-0.15, -0.1) is 12.4 Å². The molecule has 0 aromatic heterocycles. The number of hydrogen-bond donors (Lipinski definition) is 3. The Morgan fingerprint density at radius 3 is 2.67 bits per heavy atom. The van der Waals surface area contributed by atoms with Crippen molar-refractivity contribution >= 4 is 18.3 Å². The maximum atomic E-state index is 11.3. The molecule has 1 aliphatic rings. The van der Waals surface area contributed by atoms with E-state index >= 15 is 0 Å². The average Bonchev–Trinajstić information content (AvgIpc) is 2.33. The second-order valence-corrected chi connectivity index (χ2v) is 4.01. The zero-order valence-electron chi connectivity index (χ0n) is 9.29. The molecule has 0 aromatic carbocycles. The number of carbonyl (C=O) groups excluding carboxylic acids is 1. The van der Waals surface area contributed by atoms with Gasteiger partial charge in [0.05, 0.1) is 6.54 Å². The minimum atomic E-state index is 0. The Hall–Kier alpha value is -0.320. The van der Waals surface area contributed by atoms with Gasteiger partial charge >= 0.3 is 0 Å². The Labute approximate surface area is 97.8 Å². The highest BCUT2D eigenvalue weighted by atomic mass is 35.5. The lowest BCUT2D eigenvalue weighted by Gasteiger charge is -2.22. The standard InChI is InChI=1S/C10H21N3O.ClH/c1-12-7-10(14)13-9-6-4-2-3-5-8(9)11;/h8-9,12H,2-7,11H2,1H3,(H,13,14);1H/t8-,9-;/m1./s1. The van der Waals surface area contributed by atoms with Crippen LogP contribution in [0.3, 0.4) is 0 Å². The normalized spacial score (nSPS) is 26.3. The highest BCUT2D eigenvalue weighted by Crippen LogP contribution is 2.16. The molecule has 1 amide bonds. The molecule has 2 atom stereocenters. The summed E-state index contributed by atoms with van der Waals surface area (Å²) >= 11 is 0. The molecule has 4 N–H and O–H groups in total. The van der Waals surface area contributed by atoms with Crippen molar-refractivity contribution in [2.24, 2.45) is 5.73 Å². The molecule has 0 saturated heterocycles. The summed E-state index contributed by atoms with van der Waals surface area (Å²) in [7, 11) is 1.77. The number of rotatable bonds is 3. The molecule has 0 unspecified atom stereocenters. The van der Waals surface area contributed by atoms with E-state index in [9.17, 15) is 4.79 Å². The van der Waals surface area contributed by atoms with Crippen LogP contribution < -0.4 is 16.4 Å². The molecule has 4 nitrogen and oxygen atoms in total. The molecular formula is C10H22ClN3O. The molecule has 0 aromatic rings. The van der Waals surface area contributed by atoms with Crippen LogP contribution in [0.5, 0.6) is 0 Å². The zero-order chi connectivity index (χ0) is 10.4. The first-order valence-electron chi connectivity index (χ1n) is 5.43. The van der Waals surface area contributed by atoms with Crippen molar-refractivity contribution in [2.45, 2.75) is 44.2 Å². The third-order valence-electron chi connectivity index (χ3n) is 2.75. The average molecular weight is 236 g/mol. The van der Waals surface area contributed by atoms with Gasteiger partial charge in [-0.05, 0) is 19.9 Å². The number of amides is 1. The quantitative estimate of drug-likeness (QED) is 0.621. The summed E-state index contributed by atoms with van der Waals surface area (Å²) in [6, 6.07) is 0.316. The summed E-state index contributed by atoms with van der Waals surface area (Å²) in [5, 5.41) is 5.82. The second-order valence-electron chi connectivity index (χ2n) is 4.01. The largest absolute Gasteiger partial charge is 0.351 e. The summed E-state index contributed by atoms with van der Waals surface area (Å²) in [4.78, 5) is 11.3. The van der Waals surface area contributed by atoms with Gasteiger partial charge in [-0.25, -0.2) is 0 Å². The lowest BCUT2D eigenvalue weighted by atomic mass is 10.0. The predicted octanol–water partition coefficient (Wildman–Crippen LogP) is 0.404. The van der Waals surface area contributed by atoms with Gasteiger partial charge in [0.2, 0.25) is 5.91 Å². The summed E-state index contributed by atoms with van der Waals surface area (Å²) in [6.45, 7) is 0.378. The van der Waals surface area contributed by atoms with Gasteiger partial charge in [-0.2, -0.15) is 0 Å². The monoisotopic (exact) mass is 235 g/mol. The van der Waals surface area contributed by atoms with Crippen molar-refractivity contribution in [1.29, 1.82) is 0 Å². The summed E-state index contributed by atoms with van der Waals surface area (Å²) in [5.74, 6) is 0.0508. The van der Waals surface area contributed by atoms with Gasteiger partial charge in [0.25, 0.3) is 0 Å². The molecule has 90 valence electrons.